The monoisotopic (exact) mass is 239 g/mol. The molecule has 4 nitrogen and oxygen atoms in total. The summed E-state index contributed by atoms with van der Waals surface area (Å²) in [5.41, 5.74) is 0. The number of amides is 1. The lowest BCUT2D eigenvalue weighted by Gasteiger charge is -2.37. The predicted molar refractivity (Wildman–Crippen MR) is 69.0 cm³/mol. The van der Waals surface area contributed by atoms with Crippen LogP contribution in [-0.4, -0.2) is 72.5 Å². The van der Waals surface area contributed by atoms with Crippen LogP contribution in [0.2, 0.25) is 0 Å². The van der Waals surface area contributed by atoms with Crippen molar-refractivity contribution in [2.75, 3.05) is 45.8 Å². The van der Waals surface area contributed by atoms with Gasteiger partial charge in [-0.05, 0) is 20.3 Å². The first kappa shape index (κ1) is 12.8. The number of carbonyl (C=O) groups is 1. The van der Waals surface area contributed by atoms with E-state index in [1.54, 1.807) is 0 Å². The van der Waals surface area contributed by atoms with Crippen LogP contribution in [0.4, 0.5) is 0 Å². The van der Waals surface area contributed by atoms with E-state index in [4.69, 9.17) is 0 Å². The Morgan fingerprint density at radius 1 is 1.06 bits per heavy atom. The average Bonchev–Trinajstić information content (AvgIpc) is 2.73. The largest absolute Gasteiger partial charge is 0.341 e. The van der Waals surface area contributed by atoms with Crippen molar-refractivity contribution in [2.24, 2.45) is 0 Å². The molecule has 0 bridgehead atoms. The van der Waals surface area contributed by atoms with Crippen LogP contribution >= 0.6 is 0 Å². The lowest BCUT2D eigenvalue weighted by molar-refractivity contribution is -0.127. The first-order valence-electron chi connectivity index (χ1n) is 6.91. The van der Waals surface area contributed by atoms with Crippen LogP contribution in [0.1, 0.15) is 26.7 Å². The molecule has 0 atom stereocenters. The zero-order valence-corrected chi connectivity index (χ0v) is 11.2. The molecule has 0 aromatic carbocycles. The molecule has 0 saturated carbocycles. The Kier molecular flexibility index (Phi) is 4.40. The minimum Gasteiger partial charge on any atom is -0.341 e. The van der Waals surface area contributed by atoms with Crippen LogP contribution in [0.25, 0.3) is 0 Å². The fourth-order valence-corrected chi connectivity index (χ4v) is 2.71. The van der Waals surface area contributed by atoms with Gasteiger partial charge in [-0.1, -0.05) is 0 Å². The number of hydrogen-bond acceptors (Lipinski definition) is 3. The molecule has 0 spiro atoms. The second kappa shape index (κ2) is 5.83. The quantitative estimate of drug-likeness (QED) is 0.720. The fraction of sp³-hybridized carbons (Fsp3) is 0.923. The van der Waals surface area contributed by atoms with E-state index in [0.29, 0.717) is 11.9 Å². The first-order chi connectivity index (χ1) is 8.16. The van der Waals surface area contributed by atoms with Gasteiger partial charge in [-0.3, -0.25) is 14.6 Å². The molecule has 0 N–H and O–H groups in total. The molecule has 2 rings (SSSR count). The summed E-state index contributed by atoms with van der Waals surface area (Å²) in [5.74, 6) is 0.353. The van der Waals surface area contributed by atoms with E-state index < -0.39 is 0 Å². The summed E-state index contributed by atoms with van der Waals surface area (Å²) < 4.78 is 0. The van der Waals surface area contributed by atoms with Gasteiger partial charge in [0, 0.05) is 58.3 Å². The first-order valence-corrected chi connectivity index (χ1v) is 6.91. The molecule has 2 aliphatic heterocycles. The van der Waals surface area contributed by atoms with Gasteiger partial charge in [0.15, 0.2) is 0 Å². The highest BCUT2D eigenvalue weighted by atomic mass is 16.2. The topological polar surface area (TPSA) is 26.8 Å². The molecule has 17 heavy (non-hydrogen) atoms. The van der Waals surface area contributed by atoms with Gasteiger partial charge in [0.05, 0.1) is 0 Å². The zero-order valence-electron chi connectivity index (χ0n) is 11.2. The van der Waals surface area contributed by atoms with Gasteiger partial charge in [-0.15, -0.1) is 0 Å². The van der Waals surface area contributed by atoms with Crippen LogP contribution in [0.15, 0.2) is 0 Å². The Balaban J connectivity index is 1.66. The summed E-state index contributed by atoms with van der Waals surface area (Å²) in [6.45, 7) is 12.1. The molecule has 4 heteroatoms. The molecule has 0 unspecified atom stereocenters. The third-order valence-electron chi connectivity index (χ3n) is 3.99. The standard InChI is InChI=1S/C13H25N3O/c1-12(2)15-9-6-14(7-10-15)8-11-16-5-3-4-13(16)17/h12H,3-11H2,1-2H3. The molecule has 2 aliphatic rings. The molecule has 0 aromatic rings. The normalized spacial score (nSPS) is 23.9. The van der Waals surface area contributed by atoms with Crippen molar-refractivity contribution in [2.45, 2.75) is 32.7 Å². The van der Waals surface area contributed by atoms with Gasteiger partial charge in [0.2, 0.25) is 5.91 Å². The number of nitrogens with zero attached hydrogens (tertiary/aromatic N) is 3. The summed E-state index contributed by atoms with van der Waals surface area (Å²) in [4.78, 5) is 18.5. The number of rotatable bonds is 4. The van der Waals surface area contributed by atoms with E-state index >= 15 is 0 Å². The highest BCUT2D eigenvalue weighted by Crippen LogP contribution is 2.10. The van der Waals surface area contributed by atoms with Gasteiger partial charge in [-0.25, -0.2) is 0 Å². The van der Waals surface area contributed by atoms with Crippen LogP contribution < -0.4 is 0 Å². The van der Waals surface area contributed by atoms with E-state index in [2.05, 4.69) is 23.6 Å². The molecule has 0 aromatic heterocycles. The number of piperazine rings is 1. The second-order valence-corrected chi connectivity index (χ2v) is 5.46. The second-order valence-electron chi connectivity index (χ2n) is 5.46. The molecule has 0 radical (unpaired) electrons. The Labute approximate surface area is 105 Å². The smallest absolute Gasteiger partial charge is 0.222 e. The Morgan fingerprint density at radius 3 is 2.29 bits per heavy atom. The molecule has 2 saturated heterocycles. The van der Waals surface area contributed by atoms with Crippen molar-refractivity contribution in [1.29, 1.82) is 0 Å². The van der Waals surface area contributed by atoms with Crippen molar-refractivity contribution in [1.82, 2.24) is 14.7 Å². The van der Waals surface area contributed by atoms with Gasteiger partial charge >= 0.3 is 0 Å². The lowest BCUT2D eigenvalue weighted by Crippen LogP contribution is -2.50. The van der Waals surface area contributed by atoms with Gasteiger partial charge in [-0.2, -0.15) is 0 Å². The van der Waals surface area contributed by atoms with E-state index in [1.165, 1.54) is 13.1 Å². The van der Waals surface area contributed by atoms with Crippen molar-refractivity contribution in [3.63, 3.8) is 0 Å². The van der Waals surface area contributed by atoms with Crippen LogP contribution in [0.3, 0.4) is 0 Å². The van der Waals surface area contributed by atoms with Crippen LogP contribution in [-0.2, 0) is 4.79 Å². The molecular formula is C13H25N3O. The summed E-state index contributed by atoms with van der Waals surface area (Å²) >= 11 is 0. The summed E-state index contributed by atoms with van der Waals surface area (Å²) in [6, 6.07) is 0.664. The van der Waals surface area contributed by atoms with E-state index in [9.17, 15) is 4.79 Å². The SMILES string of the molecule is CC(C)N1CCN(CCN2CCCC2=O)CC1. The molecule has 2 heterocycles. The minimum absolute atomic E-state index is 0.353. The van der Waals surface area contributed by atoms with Gasteiger partial charge < -0.3 is 4.90 Å². The van der Waals surface area contributed by atoms with Gasteiger partial charge in [0.1, 0.15) is 0 Å². The Morgan fingerprint density at radius 2 is 1.76 bits per heavy atom. The minimum atomic E-state index is 0.353. The van der Waals surface area contributed by atoms with Crippen molar-refractivity contribution in [3.8, 4) is 0 Å². The zero-order chi connectivity index (χ0) is 12.3. The van der Waals surface area contributed by atoms with E-state index in [-0.39, 0.29) is 0 Å². The van der Waals surface area contributed by atoms with E-state index in [0.717, 1.165) is 45.6 Å². The maximum Gasteiger partial charge on any atom is 0.222 e. The van der Waals surface area contributed by atoms with Crippen LogP contribution in [0, 0.1) is 0 Å². The van der Waals surface area contributed by atoms with Gasteiger partial charge in [0.25, 0.3) is 0 Å². The molecule has 98 valence electrons. The Bertz CT molecular complexity index is 259. The predicted octanol–water partition coefficient (Wildman–Crippen LogP) is 0.635. The maximum atomic E-state index is 11.5. The number of hydrogen-bond donors (Lipinski definition) is 0. The molecule has 0 aliphatic carbocycles. The number of carbonyl (C=O) groups excluding carboxylic acids is 1. The van der Waals surface area contributed by atoms with Crippen LogP contribution in [0.5, 0.6) is 0 Å². The number of likely N-dealkylation sites (tertiary alicyclic amines) is 1. The molecular weight excluding hydrogens is 214 g/mol. The third-order valence-corrected chi connectivity index (χ3v) is 3.99. The molecule has 1 amide bonds. The molecule has 2 fully saturated rings. The summed E-state index contributed by atoms with van der Waals surface area (Å²) in [7, 11) is 0. The van der Waals surface area contributed by atoms with Crippen molar-refractivity contribution < 1.29 is 4.79 Å². The highest BCUT2D eigenvalue weighted by Gasteiger charge is 2.22. The Hall–Kier alpha value is -0.610. The van der Waals surface area contributed by atoms with Crippen molar-refractivity contribution >= 4 is 5.91 Å². The fourth-order valence-electron chi connectivity index (χ4n) is 2.71. The maximum absolute atomic E-state index is 11.5. The van der Waals surface area contributed by atoms with E-state index in [1.807, 2.05) is 4.90 Å². The summed E-state index contributed by atoms with van der Waals surface area (Å²) in [5, 5.41) is 0. The average molecular weight is 239 g/mol. The highest BCUT2D eigenvalue weighted by molar-refractivity contribution is 5.78. The summed E-state index contributed by atoms with van der Waals surface area (Å²) in [6.07, 6.45) is 1.82. The van der Waals surface area contributed by atoms with Crippen molar-refractivity contribution in [3.05, 3.63) is 0 Å². The lowest BCUT2D eigenvalue weighted by atomic mass is 10.2. The third kappa shape index (κ3) is 3.42.